The molecule has 3 heteroatoms. The second-order valence-corrected chi connectivity index (χ2v) is 7.13. The van der Waals surface area contributed by atoms with E-state index in [0.717, 1.165) is 16.7 Å². The quantitative estimate of drug-likeness (QED) is 0.618. The third-order valence-electron chi connectivity index (χ3n) is 4.69. The van der Waals surface area contributed by atoms with Gasteiger partial charge in [0.2, 0.25) is 0 Å². The van der Waals surface area contributed by atoms with E-state index in [9.17, 15) is 9.59 Å². The Morgan fingerprint density at radius 1 is 1.10 bits per heavy atom. The van der Waals surface area contributed by atoms with E-state index in [0.29, 0.717) is 5.92 Å². The summed E-state index contributed by atoms with van der Waals surface area (Å²) in [6, 6.07) is 4.28. The lowest BCUT2D eigenvalue weighted by Crippen LogP contribution is -2.44. The van der Waals surface area contributed by atoms with E-state index in [4.69, 9.17) is 4.74 Å². The predicted octanol–water partition coefficient (Wildman–Crippen LogP) is 3.42. The minimum Gasteiger partial charge on any atom is -0.464 e. The highest BCUT2D eigenvalue weighted by Gasteiger charge is 2.46. The molecule has 1 saturated heterocycles. The molecule has 1 atom stereocenters. The maximum Gasteiger partial charge on any atom is 0.321 e. The van der Waals surface area contributed by atoms with Crippen LogP contribution >= 0.6 is 0 Å². The molecule has 112 valence electrons. The van der Waals surface area contributed by atoms with Crippen molar-refractivity contribution < 1.29 is 14.3 Å². The first kappa shape index (κ1) is 14.3. The molecule has 1 aliphatic heterocycles. The maximum atomic E-state index is 12.7. The van der Waals surface area contributed by atoms with Crippen molar-refractivity contribution in [1.82, 2.24) is 0 Å². The van der Waals surface area contributed by atoms with Crippen LogP contribution in [0.2, 0.25) is 0 Å². The predicted molar refractivity (Wildman–Crippen MR) is 80.4 cm³/mol. The van der Waals surface area contributed by atoms with Gasteiger partial charge in [-0.15, -0.1) is 0 Å². The van der Waals surface area contributed by atoms with Crippen molar-refractivity contribution in [3.05, 3.63) is 34.4 Å². The van der Waals surface area contributed by atoms with Crippen LogP contribution in [0.3, 0.4) is 0 Å². The molecule has 0 spiro atoms. The minimum atomic E-state index is -0.762. The number of ketones is 1. The molecule has 1 aliphatic carbocycles. The van der Waals surface area contributed by atoms with Gasteiger partial charge < -0.3 is 4.74 Å². The van der Waals surface area contributed by atoms with Crippen molar-refractivity contribution in [3.63, 3.8) is 0 Å². The molecular weight excluding hydrogens is 264 g/mol. The Labute approximate surface area is 125 Å². The highest BCUT2D eigenvalue weighted by Crippen LogP contribution is 2.43. The van der Waals surface area contributed by atoms with E-state index >= 15 is 0 Å². The third-order valence-corrected chi connectivity index (χ3v) is 4.69. The van der Waals surface area contributed by atoms with Crippen LogP contribution < -0.4 is 0 Å². The average Bonchev–Trinajstić information content (AvgIpc) is 3.22. The van der Waals surface area contributed by atoms with Crippen LogP contribution in [0.4, 0.5) is 0 Å². The van der Waals surface area contributed by atoms with E-state index in [1.807, 2.05) is 27.7 Å². The number of carbonyl (C=O) groups excluding carboxylic acids is 2. The Bertz CT molecular complexity index is 600. The fourth-order valence-corrected chi connectivity index (χ4v) is 3.27. The van der Waals surface area contributed by atoms with Gasteiger partial charge in [0.05, 0.1) is 5.41 Å². The first-order valence-corrected chi connectivity index (χ1v) is 7.63. The fourth-order valence-electron chi connectivity index (χ4n) is 3.27. The lowest BCUT2D eigenvalue weighted by molar-refractivity contribution is -0.162. The van der Waals surface area contributed by atoms with Crippen LogP contribution in [0.5, 0.6) is 0 Å². The van der Waals surface area contributed by atoms with Gasteiger partial charge in [-0.1, -0.05) is 12.1 Å². The standard InChI is InChI=1S/C18H22O3/c1-10-7-13(12-5-6-12)8-11(2)14(10)15-16(19)18(3,4)9-21-17(15)20/h7-8,12,15H,5-6,9H2,1-4H3. The third kappa shape index (κ3) is 2.39. The normalized spacial score (nSPS) is 24.9. The number of hydrogen-bond donors (Lipinski definition) is 0. The number of hydrogen-bond acceptors (Lipinski definition) is 3. The molecular formula is C18H22O3. The Kier molecular flexibility index (Phi) is 3.19. The Hall–Kier alpha value is -1.64. The molecule has 0 N–H and O–H groups in total. The lowest BCUT2D eigenvalue weighted by Gasteiger charge is -2.33. The molecule has 21 heavy (non-hydrogen) atoms. The highest BCUT2D eigenvalue weighted by atomic mass is 16.5. The van der Waals surface area contributed by atoms with E-state index in [2.05, 4.69) is 12.1 Å². The van der Waals surface area contributed by atoms with Crippen LogP contribution in [-0.2, 0) is 14.3 Å². The zero-order valence-corrected chi connectivity index (χ0v) is 13.2. The SMILES string of the molecule is Cc1cc(C2CC2)cc(C)c1C1C(=O)OCC(C)(C)C1=O. The van der Waals surface area contributed by atoms with Gasteiger partial charge in [0, 0.05) is 0 Å². The summed E-state index contributed by atoms with van der Waals surface area (Å²) in [5, 5.41) is 0. The number of cyclic esters (lactones) is 1. The lowest BCUT2D eigenvalue weighted by atomic mass is 9.75. The number of aryl methyl sites for hydroxylation is 2. The largest absolute Gasteiger partial charge is 0.464 e. The molecule has 0 bridgehead atoms. The molecule has 3 nitrogen and oxygen atoms in total. The number of benzene rings is 1. The van der Waals surface area contributed by atoms with Gasteiger partial charge in [-0.2, -0.15) is 0 Å². The minimum absolute atomic E-state index is 0.0240. The van der Waals surface area contributed by atoms with Gasteiger partial charge in [-0.3, -0.25) is 9.59 Å². The molecule has 1 aromatic rings. The van der Waals surface area contributed by atoms with Crippen LogP contribution in [0, 0.1) is 19.3 Å². The summed E-state index contributed by atoms with van der Waals surface area (Å²) in [6.45, 7) is 7.86. The first-order chi connectivity index (χ1) is 9.81. The second kappa shape index (κ2) is 4.69. The number of carbonyl (C=O) groups is 2. The summed E-state index contributed by atoms with van der Waals surface area (Å²) < 4.78 is 5.27. The smallest absolute Gasteiger partial charge is 0.321 e. The Morgan fingerprint density at radius 3 is 2.19 bits per heavy atom. The van der Waals surface area contributed by atoms with Gasteiger partial charge in [-0.05, 0) is 68.7 Å². The zero-order valence-electron chi connectivity index (χ0n) is 13.2. The molecule has 1 unspecified atom stereocenters. The van der Waals surface area contributed by atoms with E-state index in [1.54, 1.807) is 0 Å². The van der Waals surface area contributed by atoms with Crippen LogP contribution in [-0.4, -0.2) is 18.4 Å². The summed E-state index contributed by atoms with van der Waals surface area (Å²) in [5.74, 6) is -0.516. The summed E-state index contributed by atoms with van der Waals surface area (Å²) in [4.78, 5) is 24.9. The van der Waals surface area contributed by atoms with Crippen molar-refractivity contribution >= 4 is 11.8 Å². The molecule has 0 radical (unpaired) electrons. The molecule has 1 saturated carbocycles. The maximum absolute atomic E-state index is 12.7. The number of Topliss-reactive ketones (excluding diaryl/α,β-unsaturated/α-hetero) is 1. The van der Waals surface area contributed by atoms with E-state index in [1.165, 1.54) is 18.4 Å². The van der Waals surface area contributed by atoms with Gasteiger partial charge in [0.15, 0.2) is 5.78 Å². The number of ether oxygens (including phenoxy) is 1. The van der Waals surface area contributed by atoms with Crippen LogP contribution in [0.15, 0.2) is 12.1 Å². The summed E-state index contributed by atoms with van der Waals surface area (Å²) in [6.07, 6.45) is 2.49. The summed E-state index contributed by atoms with van der Waals surface area (Å²) in [7, 11) is 0. The van der Waals surface area contributed by atoms with Crippen molar-refractivity contribution in [2.75, 3.05) is 6.61 Å². The van der Waals surface area contributed by atoms with Crippen molar-refractivity contribution in [2.45, 2.75) is 52.4 Å². The molecule has 2 aliphatic rings. The topological polar surface area (TPSA) is 43.4 Å². The highest BCUT2D eigenvalue weighted by molar-refractivity contribution is 6.09. The molecule has 1 heterocycles. The summed E-state index contributed by atoms with van der Waals surface area (Å²) in [5.41, 5.74) is 3.65. The average molecular weight is 286 g/mol. The van der Waals surface area contributed by atoms with Gasteiger partial charge in [0.1, 0.15) is 12.5 Å². The van der Waals surface area contributed by atoms with Gasteiger partial charge in [0.25, 0.3) is 0 Å². The molecule has 1 aromatic carbocycles. The van der Waals surface area contributed by atoms with Crippen molar-refractivity contribution in [3.8, 4) is 0 Å². The van der Waals surface area contributed by atoms with Crippen LogP contribution in [0.25, 0.3) is 0 Å². The molecule has 0 aromatic heterocycles. The molecule has 3 rings (SSSR count). The molecule has 0 amide bonds. The van der Waals surface area contributed by atoms with Crippen molar-refractivity contribution in [1.29, 1.82) is 0 Å². The number of esters is 1. The van der Waals surface area contributed by atoms with E-state index < -0.39 is 17.3 Å². The second-order valence-electron chi connectivity index (χ2n) is 7.13. The summed E-state index contributed by atoms with van der Waals surface area (Å²) >= 11 is 0. The van der Waals surface area contributed by atoms with E-state index in [-0.39, 0.29) is 12.4 Å². The zero-order chi connectivity index (χ0) is 15.4. The van der Waals surface area contributed by atoms with Crippen molar-refractivity contribution in [2.24, 2.45) is 5.41 Å². The monoisotopic (exact) mass is 286 g/mol. The Balaban J connectivity index is 2.06. The number of rotatable bonds is 2. The fraction of sp³-hybridized carbons (Fsp3) is 0.556. The molecule has 2 fully saturated rings. The van der Waals surface area contributed by atoms with Gasteiger partial charge >= 0.3 is 5.97 Å². The van der Waals surface area contributed by atoms with Gasteiger partial charge in [-0.25, -0.2) is 0 Å². The van der Waals surface area contributed by atoms with Crippen LogP contribution in [0.1, 0.15) is 60.8 Å². The Morgan fingerprint density at radius 2 is 1.67 bits per heavy atom. The first-order valence-electron chi connectivity index (χ1n) is 7.63.